The Morgan fingerprint density at radius 1 is 1.48 bits per heavy atom. The molecule has 9 heteroatoms. The van der Waals surface area contributed by atoms with E-state index in [-0.39, 0.29) is 17.0 Å². The number of anilines is 1. The molecule has 1 saturated heterocycles. The monoisotopic (exact) mass is 369 g/mol. The normalized spacial score (nSPS) is 22.6. The number of rotatable bonds is 1. The van der Waals surface area contributed by atoms with Crippen LogP contribution in [0.5, 0.6) is 0 Å². The highest BCUT2D eigenvalue weighted by Gasteiger charge is 2.48. The maximum Gasteiger partial charge on any atom is 0.291 e. The Morgan fingerprint density at radius 2 is 2.22 bits per heavy atom. The molecule has 0 radical (unpaired) electrons. The second-order valence-electron chi connectivity index (χ2n) is 6.20. The maximum atomic E-state index is 12.0. The van der Waals surface area contributed by atoms with E-state index in [9.17, 15) is 4.79 Å². The average Bonchev–Trinajstić information content (AvgIpc) is 2.97. The van der Waals surface area contributed by atoms with Crippen molar-refractivity contribution in [3.63, 3.8) is 0 Å². The van der Waals surface area contributed by atoms with Gasteiger partial charge in [0, 0.05) is 18.0 Å². The third kappa shape index (κ3) is 2.48. The SMILES string of the molecule is N[C@@H]1c2nc(Cl)sc2CC12CCN(c1ncc(S)[nH]c1=O)CC2. The molecule has 2 aromatic rings. The molecule has 0 amide bonds. The van der Waals surface area contributed by atoms with E-state index in [0.29, 0.717) is 15.3 Å². The van der Waals surface area contributed by atoms with E-state index in [0.717, 1.165) is 38.0 Å². The smallest absolute Gasteiger partial charge is 0.291 e. The van der Waals surface area contributed by atoms with Crippen molar-refractivity contribution in [2.45, 2.75) is 30.3 Å². The molecule has 0 unspecified atom stereocenters. The number of piperidine rings is 1. The molecule has 3 heterocycles. The summed E-state index contributed by atoms with van der Waals surface area (Å²) in [6.45, 7) is 1.52. The predicted molar refractivity (Wildman–Crippen MR) is 93.7 cm³/mol. The van der Waals surface area contributed by atoms with Crippen molar-refractivity contribution in [3.05, 3.63) is 31.6 Å². The van der Waals surface area contributed by atoms with Gasteiger partial charge in [-0.3, -0.25) is 4.79 Å². The second-order valence-corrected chi connectivity index (χ2v) is 8.35. The number of aromatic amines is 1. The first-order chi connectivity index (χ1) is 11.0. The zero-order valence-electron chi connectivity index (χ0n) is 12.3. The largest absolute Gasteiger partial charge is 0.352 e. The van der Waals surface area contributed by atoms with Crippen LogP contribution in [0.25, 0.3) is 0 Å². The first-order valence-electron chi connectivity index (χ1n) is 7.42. The minimum absolute atomic E-state index is 0.0332. The summed E-state index contributed by atoms with van der Waals surface area (Å²) in [4.78, 5) is 26.6. The maximum absolute atomic E-state index is 12.0. The van der Waals surface area contributed by atoms with Gasteiger partial charge in [0.2, 0.25) is 0 Å². The molecule has 23 heavy (non-hydrogen) atoms. The number of aromatic nitrogens is 3. The Bertz CT molecular complexity index is 812. The van der Waals surface area contributed by atoms with Gasteiger partial charge in [0.25, 0.3) is 5.56 Å². The third-order valence-corrected chi connectivity index (χ3v) is 6.38. The lowest BCUT2D eigenvalue weighted by Gasteiger charge is -2.42. The van der Waals surface area contributed by atoms with Gasteiger partial charge >= 0.3 is 0 Å². The Morgan fingerprint density at radius 3 is 2.87 bits per heavy atom. The molecule has 6 nitrogen and oxygen atoms in total. The van der Waals surface area contributed by atoms with Crippen LogP contribution in [0.3, 0.4) is 0 Å². The van der Waals surface area contributed by atoms with Crippen molar-refractivity contribution < 1.29 is 0 Å². The van der Waals surface area contributed by atoms with E-state index >= 15 is 0 Å². The number of H-pyrrole nitrogens is 1. The number of hydrogen-bond donors (Lipinski definition) is 3. The van der Waals surface area contributed by atoms with Crippen LogP contribution >= 0.6 is 35.6 Å². The molecule has 4 rings (SSSR count). The summed E-state index contributed by atoms with van der Waals surface area (Å²) in [6, 6.07) is -0.0746. The molecule has 1 aliphatic heterocycles. The molecule has 1 spiro atoms. The Balaban J connectivity index is 1.53. The summed E-state index contributed by atoms with van der Waals surface area (Å²) in [5.74, 6) is 0.458. The van der Waals surface area contributed by atoms with Crippen LogP contribution in [-0.4, -0.2) is 28.0 Å². The van der Waals surface area contributed by atoms with E-state index < -0.39 is 0 Å². The summed E-state index contributed by atoms with van der Waals surface area (Å²) >= 11 is 11.6. The molecular formula is C14H16ClN5OS2. The highest BCUT2D eigenvalue weighted by Crippen LogP contribution is 2.52. The number of nitrogens with zero attached hydrogens (tertiary/aromatic N) is 3. The zero-order valence-corrected chi connectivity index (χ0v) is 14.7. The van der Waals surface area contributed by atoms with Crippen LogP contribution in [0.2, 0.25) is 4.47 Å². The first kappa shape index (κ1) is 15.4. The van der Waals surface area contributed by atoms with Gasteiger partial charge in [-0.15, -0.1) is 24.0 Å². The zero-order chi connectivity index (χ0) is 16.2. The van der Waals surface area contributed by atoms with Crippen LogP contribution in [0.1, 0.15) is 29.5 Å². The summed E-state index contributed by atoms with van der Waals surface area (Å²) in [7, 11) is 0. The molecule has 1 aliphatic carbocycles. The van der Waals surface area contributed by atoms with Gasteiger partial charge in [-0.25, -0.2) is 9.97 Å². The highest BCUT2D eigenvalue weighted by molar-refractivity contribution is 7.80. The number of hydrogen-bond acceptors (Lipinski definition) is 7. The van der Waals surface area contributed by atoms with E-state index in [1.807, 2.05) is 4.90 Å². The number of nitrogens with two attached hydrogens (primary N) is 1. The quantitative estimate of drug-likeness (QED) is 0.669. The molecule has 3 N–H and O–H groups in total. The molecule has 0 aromatic carbocycles. The predicted octanol–water partition coefficient (Wildman–Crippen LogP) is 2.01. The van der Waals surface area contributed by atoms with Crippen molar-refractivity contribution in [1.82, 2.24) is 15.0 Å². The lowest BCUT2D eigenvalue weighted by molar-refractivity contribution is 0.186. The number of nitrogens with one attached hydrogen (secondary N) is 1. The highest BCUT2D eigenvalue weighted by atomic mass is 35.5. The van der Waals surface area contributed by atoms with Crippen molar-refractivity contribution in [3.8, 4) is 0 Å². The lowest BCUT2D eigenvalue weighted by Crippen LogP contribution is -2.46. The van der Waals surface area contributed by atoms with Gasteiger partial charge < -0.3 is 15.6 Å². The molecule has 0 saturated carbocycles. The van der Waals surface area contributed by atoms with Crippen LogP contribution in [0.4, 0.5) is 5.82 Å². The number of thiol groups is 1. The summed E-state index contributed by atoms with van der Waals surface area (Å²) in [5.41, 5.74) is 7.27. The fourth-order valence-electron chi connectivity index (χ4n) is 3.69. The van der Waals surface area contributed by atoms with E-state index in [1.54, 1.807) is 6.20 Å². The van der Waals surface area contributed by atoms with Crippen molar-refractivity contribution in [2.24, 2.45) is 11.1 Å². The van der Waals surface area contributed by atoms with Crippen molar-refractivity contribution in [1.29, 1.82) is 0 Å². The fraction of sp³-hybridized carbons (Fsp3) is 0.500. The van der Waals surface area contributed by atoms with Crippen LogP contribution in [0, 0.1) is 5.41 Å². The fourth-order valence-corrected chi connectivity index (χ4v) is 5.20. The lowest BCUT2D eigenvalue weighted by atomic mass is 9.73. The minimum atomic E-state index is -0.197. The van der Waals surface area contributed by atoms with Gasteiger partial charge in [0.05, 0.1) is 23.0 Å². The van der Waals surface area contributed by atoms with Gasteiger partial charge in [0.15, 0.2) is 10.3 Å². The number of fused-ring (bicyclic) bond motifs is 1. The minimum Gasteiger partial charge on any atom is -0.352 e. The van der Waals surface area contributed by atoms with E-state index in [1.165, 1.54) is 16.2 Å². The summed E-state index contributed by atoms with van der Waals surface area (Å²) in [5, 5.41) is 0.470. The van der Waals surface area contributed by atoms with Crippen molar-refractivity contribution in [2.75, 3.05) is 18.0 Å². The summed E-state index contributed by atoms with van der Waals surface area (Å²) in [6.07, 6.45) is 4.33. The van der Waals surface area contributed by atoms with Gasteiger partial charge in [0.1, 0.15) is 0 Å². The molecule has 2 aromatic heterocycles. The summed E-state index contributed by atoms with van der Waals surface area (Å²) < 4.78 is 0.570. The molecule has 0 bridgehead atoms. The van der Waals surface area contributed by atoms with Crippen LogP contribution in [0.15, 0.2) is 16.0 Å². The standard InChI is InChI=1S/C14H16ClN5OS2/c15-13-19-9-7(23-13)5-14(10(9)16)1-3-20(4-2-14)11-12(21)18-8(22)6-17-11/h6,10H,1-5,16H2,(H2,18,21,22)/t10-/m1/s1. The van der Waals surface area contributed by atoms with Gasteiger partial charge in [-0.05, 0) is 24.7 Å². The van der Waals surface area contributed by atoms with Crippen LogP contribution < -0.4 is 16.2 Å². The third-order valence-electron chi connectivity index (χ3n) is 4.98. The molecule has 2 aliphatic rings. The Kier molecular flexibility index (Phi) is 3.67. The molecular weight excluding hydrogens is 354 g/mol. The van der Waals surface area contributed by atoms with E-state index in [2.05, 4.69) is 27.6 Å². The van der Waals surface area contributed by atoms with Crippen LogP contribution in [-0.2, 0) is 6.42 Å². The molecule has 122 valence electrons. The number of thiazole rings is 1. The van der Waals surface area contributed by atoms with Gasteiger partial charge in [-0.1, -0.05) is 11.6 Å². The Hall–Kier alpha value is -1.09. The topological polar surface area (TPSA) is 87.9 Å². The van der Waals surface area contributed by atoms with Crippen molar-refractivity contribution >= 4 is 41.4 Å². The van der Waals surface area contributed by atoms with E-state index in [4.69, 9.17) is 17.3 Å². The number of halogens is 1. The second kappa shape index (κ2) is 5.47. The van der Waals surface area contributed by atoms with Gasteiger partial charge in [-0.2, -0.15) is 0 Å². The molecule has 1 atom stereocenters. The molecule has 1 fully saturated rings. The first-order valence-corrected chi connectivity index (χ1v) is 9.07. The Labute approximate surface area is 147 Å². The average molecular weight is 370 g/mol.